The molecule has 0 radical (unpaired) electrons. The predicted octanol–water partition coefficient (Wildman–Crippen LogP) is 5.30. The summed E-state index contributed by atoms with van der Waals surface area (Å²) in [6, 6.07) is 13.4. The molecule has 0 N–H and O–H groups in total. The summed E-state index contributed by atoms with van der Waals surface area (Å²) in [6.45, 7) is 1.66. The molecule has 3 aromatic rings. The SMILES string of the molecule is CC(=O)Oc1cccc(OCCCc2cc(-c3ccccc3C(F)(F)F)no2)c1. The highest BCUT2D eigenvalue weighted by Gasteiger charge is 2.34. The first-order valence-corrected chi connectivity index (χ1v) is 8.86. The standard InChI is InChI=1S/C21H18F3NO4/c1-14(26)28-16-7-4-6-15(12-16)27-11-5-8-17-13-20(25-29-17)18-9-2-3-10-19(18)21(22,23)24/h2-4,6-7,9-10,12-13H,5,8,11H2,1H3. The second kappa shape index (κ2) is 8.81. The second-order valence-corrected chi connectivity index (χ2v) is 6.24. The monoisotopic (exact) mass is 405 g/mol. The number of ether oxygens (including phenoxy) is 2. The third kappa shape index (κ3) is 5.60. The van der Waals surface area contributed by atoms with Gasteiger partial charge in [0.2, 0.25) is 0 Å². The fraction of sp³-hybridized carbons (Fsp3) is 0.238. The van der Waals surface area contributed by atoms with Crippen molar-refractivity contribution in [3.63, 3.8) is 0 Å². The van der Waals surface area contributed by atoms with E-state index in [1.165, 1.54) is 31.2 Å². The predicted molar refractivity (Wildman–Crippen MR) is 98.5 cm³/mol. The van der Waals surface area contributed by atoms with Gasteiger partial charge in [-0.3, -0.25) is 4.79 Å². The fourth-order valence-electron chi connectivity index (χ4n) is 2.74. The van der Waals surface area contributed by atoms with Crippen molar-refractivity contribution < 1.29 is 32.0 Å². The Morgan fingerprint density at radius 3 is 2.59 bits per heavy atom. The summed E-state index contributed by atoms with van der Waals surface area (Å²) in [5.41, 5.74) is -0.632. The molecule has 0 fully saturated rings. The van der Waals surface area contributed by atoms with Crippen molar-refractivity contribution in [2.75, 3.05) is 6.61 Å². The highest BCUT2D eigenvalue weighted by molar-refractivity contribution is 5.69. The quantitative estimate of drug-likeness (QED) is 0.303. The molecule has 1 aromatic heterocycles. The summed E-state index contributed by atoms with van der Waals surface area (Å²) in [4.78, 5) is 11.0. The summed E-state index contributed by atoms with van der Waals surface area (Å²) in [5.74, 6) is 0.976. The molecule has 0 spiro atoms. The number of aryl methyl sites for hydroxylation is 1. The molecule has 0 aliphatic heterocycles. The van der Waals surface area contributed by atoms with Crippen molar-refractivity contribution in [3.05, 3.63) is 65.9 Å². The van der Waals surface area contributed by atoms with Gasteiger partial charge in [-0.15, -0.1) is 0 Å². The Morgan fingerprint density at radius 2 is 1.83 bits per heavy atom. The van der Waals surface area contributed by atoms with Crippen LogP contribution >= 0.6 is 0 Å². The minimum absolute atomic E-state index is 0.0199. The molecule has 0 unspecified atom stereocenters. The van der Waals surface area contributed by atoms with Crippen molar-refractivity contribution in [1.82, 2.24) is 5.16 Å². The van der Waals surface area contributed by atoms with Crippen molar-refractivity contribution >= 4 is 5.97 Å². The molecule has 29 heavy (non-hydrogen) atoms. The van der Waals surface area contributed by atoms with Crippen LogP contribution in [0.3, 0.4) is 0 Å². The van der Waals surface area contributed by atoms with Gasteiger partial charge in [0.25, 0.3) is 0 Å². The fourth-order valence-corrected chi connectivity index (χ4v) is 2.74. The van der Waals surface area contributed by atoms with Gasteiger partial charge in [0.1, 0.15) is 23.0 Å². The van der Waals surface area contributed by atoms with Crippen LogP contribution in [0.2, 0.25) is 0 Å². The first kappa shape index (κ1) is 20.4. The molecule has 1 heterocycles. The van der Waals surface area contributed by atoms with E-state index in [0.717, 1.165) is 6.07 Å². The van der Waals surface area contributed by atoms with E-state index >= 15 is 0 Å². The van der Waals surface area contributed by atoms with Gasteiger partial charge in [-0.1, -0.05) is 29.4 Å². The van der Waals surface area contributed by atoms with Gasteiger partial charge in [-0.05, 0) is 24.6 Å². The Hall–Kier alpha value is -3.29. The van der Waals surface area contributed by atoms with Crippen LogP contribution < -0.4 is 9.47 Å². The zero-order chi connectivity index (χ0) is 20.9. The van der Waals surface area contributed by atoms with Gasteiger partial charge in [0, 0.05) is 31.0 Å². The van der Waals surface area contributed by atoms with Crippen LogP contribution in [-0.4, -0.2) is 17.7 Å². The molecule has 0 bridgehead atoms. The molecule has 0 saturated heterocycles. The maximum absolute atomic E-state index is 13.1. The minimum Gasteiger partial charge on any atom is -0.493 e. The van der Waals surface area contributed by atoms with Gasteiger partial charge in [-0.2, -0.15) is 13.2 Å². The summed E-state index contributed by atoms with van der Waals surface area (Å²) in [5, 5.41) is 3.77. The number of aromatic nitrogens is 1. The number of alkyl halides is 3. The molecule has 0 amide bonds. The van der Waals surface area contributed by atoms with Crippen LogP contribution in [0.4, 0.5) is 13.2 Å². The highest BCUT2D eigenvalue weighted by Crippen LogP contribution is 2.36. The molecule has 2 aromatic carbocycles. The van der Waals surface area contributed by atoms with E-state index in [0.29, 0.717) is 36.7 Å². The van der Waals surface area contributed by atoms with E-state index < -0.39 is 17.7 Å². The van der Waals surface area contributed by atoms with E-state index in [-0.39, 0.29) is 11.3 Å². The summed E-state index contributed by atoms with van der Waals surface area (Å²) >= 11 is 0. The van der Waals surface area contributed by atoms with Crippen LogP contribution in [0.5, 0.6) is 11.5 Å². The van der Waals surface area contributed by atoms with Gasteiger partial charge in [0.05, 0.1) is 12.2 Å². The molecular formula is C21H18F3NO4. The van der Waals surface area contributed by atoms with Gasteiger partial charge in [-0.25, -0.2) is 0 Å². The third-order valence-electron chi connectivity index (χ3n) is 3.97. The maximum atomic E-state index is 13.1. The van der Waals surface area contributed by atoms with Crippen LogP contribution in [0.25, 0.3) is 11.3 Å². The highest BCUT2D eigenvalue weighted by atomic mass is 19.4. The smallest absolute Gasteiger partial charge is 0.417 e. The molecule has 0 aliphatic carbocycles. The van der Waals surface area contributed by atoms with Crippen molar-refractivity contribution in [2.24, 2.45) is 0 Å². The van der Waals surface area contributed by atoms with Gasteiger partial charge >= 0.3 is 12.1 Å². The number of nitrogens with zero attached hydrogens (tertiary/aromatic N) is 1. The molecule has 0 atom stereocenters. The van der Waals surface area contributed by atoms with Gasteiger partial charge < -0.3 is 14.0 Å². The number of rotatable bonds is 7. The zero-order valence-corrected chi connectivity index (χ0v) is 15.5. The van der Waals surface area contributed by atoms with Crippen molar-refractivity contribution in [3.8, 4) is 22.8 Å². The lowest BCUT2D eigenvalue weighted by molar-refractivity contribution is -0.137. The number of esters is 1. The Balaban J connectivity index is 1.56. The largest absolute Gasteiger partial charge is 0.493 e. The minimum atomic E-state index is -4.47. The lowest BCUT2D eigenvalue weighted by Crippen LogP contribution is -2.06. The summed E-state index contributed by atoms with van der Waals surface area (Å²) in [7, 11) is 0. The molecule has 152 valence electrons. The van der Waals surface area contributed by atoms with Crippen molar-refractivity contribution in [2.45, 2.75) is 25.9 Å². The maximum Gasteiger partial charge on any atom is 0.417 e. The lowest BCUT2D eigenvalue weighted by Gasteiger charge is -2.10. The number of benzene rings is 2. The Bertz CT molecular complexity index is 982. The Kier molecular flexibility index (Phi) is 6.21. The van der Waals surface area contributed by atoms with Crippen LogP contribution in [0.1, 0.15) is 24.7 Å². The molecule has 5 nitrogen and oxygen atoms in total. The van der Waals surface area contributed by atoms with E-state index in [1.54, 1.807) is 24.3 Å². The zero-order valence-electron chi connectivity index (χ0n) is 15.5. The van der Waals surface area contributed by atoms with E-state index in [4.69, 9.17) is 14.0 Å². The number of carbonyl (C=O) groups excluding carboxylic acids is 1. The molecule has 0 aliphatic rings. The topological polar surface area (TPSA) is 61.6 Å². The van der Waals surface area contributed by atoms with Crippen LogP contribution in [-0.2, 0) is 17.4 Å². The number of hydrogen-bond acceptors (Lipinski definition) is 5. The molecule has 3 rings (SSSR count). The van der Waals surface area contributed by atoms with Gasteiger partial charge in [0.15, 0.2) is 0 Å². The number of halogens is 3. The van der Waals surface area contributed by atoms with E-state index in [1.807, 2.05) is 0 Å². The average molecular weight is 405 g/mol. The van der Waals surface area contributed by atoms with Crippen molar-refractivity contribution in [1.29, 1.82) is 0 Å². The normalized spacial score (nSPS) is 11.3. The summed E-state index contributed by atoms with van der Waals surface area (Å²) < 4.78 is 55.2. The van der Waals surface area contributed by atoms with E-state index in [9.17, 15) is 18.0 Å². The number of hydrogen-bond donors (Lipinski definition) is 0. The first-order chi connectivity index (χ1) is 13.8. The Morgan fingerprint density at radius 1 is 1.07 bits per heavy atom. The first-order valence-electron chi connectivity index (χ1n) is 8.86. The summed E-state index contributed by atoms with van der Waals surface area (Å²) in [6.07, 6.45) is -3.46. The average Bonchev–Trinajstić information content (AvgIpc) is 3.13. The van der Waals surface area contributed by atoms with E-state index in [2.05, 4.69) is 5.16 Å². The Labute approximate surface area is 165 Å². The number of carbonyl (C=O) groups is 1. The lowest BCUT2D eigenvalue weighted by atomic mass is 10.0. The molecular weight excluding hydrogens is 387 g/mol. The molecule has 0 saturated carbocycles. The third-order valence-corrected chi connectivity index (χ3v) is 3.97. The van der Waals surface area contributed by atoms with Crippen LogP contribution in [0, 0.1) is 0 Å². The van der Waals surface area contributed by atoms with Crippen LogP contribution in [0.15, 0.2) is 59.1 Å². The molecule has 8 heteroatoms. The second-order valence-electron chi connectivity index (χ2n) is 6.24.